The predicted molar refractivity (Wildman–Crippen MR) is 92.0 cm³/mol. The first kappa shape index (κ1) is 17.9. The molecule has 2 aliphatic rings. The second-order valence-electron chi connectivity index (χ2n) is 7.21. The van der Waals surface area contributed by atoms with E-state index in [1.54, 1.807) is 33.0 Å². The molecule has 0 saturated carbocycles. The van der Waals surface area contributed by atoms with Crippen molar-refractivity contribution in [1.29, 1.82) is 0 Å². The van der Waals surface area contributed by atoms with Crippen LogP contribution in [0.1, 0.15) is 32.3 Å². The maximum absolute atomic E-state index is 13.0. The third-order valence-electron chi connectivity index (χ3n) is 5.21. The van der Waals surface area contributed by atoms with Crippen LogP contribution < -0.4 is 4.90 Å². The number of rotatable bonds is 3. The number of nitrogens with zero attached hydrogens (tertiary/aromatic N) is 2. The van der Waals surface area contributed by atoms with Crippen LogP contribution in [0.25, 0.3) is 0 Å². The highest BCUT2D eigenvalue weighted by Gasteiger charge is 2.43. The zero-order valence-corrected chi connectivity index (χ0v) is 15.3. The summed E-state index contributed by atoms with van der Waals surface area (Å²) in [6.07, 6.45) is 1.01. The lowest BCUT2D eigenvalue weighted by Gasteiger charge is -2.30. The van der Waals surface area contributed by atoms with Gasteiger partial charge in [0.1, 0.15) is 0 Å². The zero-order valence-electron chi connectivity index (χ0n) is 14.5. The number of likely N-dealkylation sites (N-methyl/N-ethyl adjacent to an activating group) is 1. The highest BCUT2D eigenvalue weighted by atomic mass is 32.2. The van der Waals surface area contributed by atoms with Gasteiger partial charge >= 0.3 is 5.97 Å². The van der Waals surface area contributed by atoms with Crippen molar-refractivity contribution in [2.24, 2.45) is 5.92 Å². The summed E-state index contributed by atoms with van der Waals surface area (Å²) in [6, 6.07) is 4.69. The number of sulfonamides is 1. The summed E-state index contributed by atoms with van der Waals surface area (Å²) in [5.41, 5.74) is 0.588. The molecule has 8 heteroatoms. The van der Waals surface area contributed by atoms with E-state index < -0.39 is 27.3 Å². The molecule has 1 fully saturated rings. The minimum atomic E-state index is -3.80. The molecule has 1 aromatic carbocycles. The highest BCUT2D eigenvalue weighted by molar-refractivity contribution is 7.89. The molecule has 136 valence electrons. The van der Waals surface area contributed by atoms with Gasteiger partial charge in [-0.25, -0.2) is 8.42 Å². The Labute approximate surface area is 147 Å². The fourth-order valence-electron chi connectivity index (χ4n) is 3.62. The molecule has 1 saturated heterocycles. The summed E-state index contributed by atoms with van der Waals surface area (Å²) < 4.78 is 27.2. The molecule has 0 spiro atoms. The van der Waals surface area contributed by atoms with Crippen molar-refractivity contribution in [3.63, 3.8) is 0 Å². The summed E-state index contributed by atoms with van der Waals surface area (Å²) in [6.45, 7) is 3.84. The van der Waals surface area contributed by atoms with Gasteiger partial charge in [-0.2, -0.15) is 4.31 Å². The molecule has 1 atom stereocenters. The first-order valence-electron chi connectivity index (χ1n) is 8.22. The van der Waals surface area contributed by atoms with Crippen molar-refractivity contribution in [2.45, 2.75) is 37.0 Å². The van der Waals surface area contributed by atoms with Crippen molar-refractivity contribution < 1.29 is 23.1 Å². The zero-order chi connectivity index (χ0) is 18.6. The monoisotopic (exact) mass is 366 g/mol. The predicted octanol–water partition coefficient (Wildman–Crippen LogP) is 1.43. The number of carbonyl (C=O) groups is 2. The number of benzene rings is 1. The summed E-state index contributed by atoms with van der Waals surface area (Å²) in [5, 5.41) is 9.18. The minimum Gasteiger partial charge on any atom is -0.481 e. The van der Waals surface area contributed by atoms with Gasteiger partial charge in [-0.15, -0.1) is 0 Å². The SMILES string of the molecule is CN1C(=O)C(C)(C)c2cc(S(=O)(=O)N3CCC[C@H](C(=O)O)C3)ccc21. The Kier molecular flexibility index (Phi) is 4.15. The van der Waals surface area contributed by atoms with Crippen LogP contribution in [0.3, 0.4) is 0 Å². The molecule has 1 N–H and O–H groups in total. The first-order chi connectivity index (χ1) is 11.6. The quantitative estimate of drug-likeness (QED) is 0.873. The van der Waals surface area contributed by atoms with Crippen molar-refractivity contribution >= 4 is 27.6 Å². The van der Waals surface area contributed by atoms with Gasteiger partial charge < -0.3 is 10.0 Å². The van der Waals surface area contributed by atoms with Crippen LogP contribution in [0.4, 0.5) is 5.69 Å². The van der Waals surface area contributed by atoms with Crippen molar-refractivity contribution in [3.05, 3.63) is 23.8 Å². The van der Waals surface area contributed by atoms with E-state index in [4.69, 9.17) is 0 Å². The van der Waals surface area contributed by atoms with Crippen LogP contribution >= 0.6 is 0 Å². The second-order valence-corrected chi connectivity index (χ2v) is 9.15. The number of anilines is 1. The van der Waals surface area contributed by atoms with Gasteiger partial charge in [0.15, 0.2) is 0 Å². The number of hydrogen-bond donors (Lipinski definition) is 1. The van der Waals surface area contributed by atoms with E-state index in [1.807, 2.05) is 0 Å². The highest BCUT2D eigenvalue weighted by Crippen LogP contribution is 2.42. The average Bonchev–Trinajstić information content (AvgIpc) is 2.75. The molecule has 7 nitrogen and oxygen atoms in total. The smallest absolute Gasteiger partial charge is 0.307 e. The van der Waals surface area contributed by atoms with E-state index in [-0.39, 0.29) is 17.3 Å². The lowest BCUT2D eigenvalue weighted by molar-refractivity contribution is -0.142. The normalized spacial score (nSPS) is 23.6. The number of piperidine rings is 1. The van der Waals surface area contributed by atoms with Crippen molar-refractivity contribution in [2.75, 3.05) is 25.0 Å². The Morgan fingerprint density at radius 1 is 1.32 bits per heavy atom. The van der Waals surface area contributed by atoms with Gasteiger partial charge in [0.2, 0.25) is 15.9 Å². The van der Waals surface area contributed by atoms with Crippen LogP contribution in [-0.2, 0) is 25.0 Å². The lowest BCUT2D eigenvalue weighted by atomic mass is 9.86. The Morgan fingerprint density at radius 3 is 2.64 bits per heavy atom. The van der Waals surface area contributed by atoms with Crippen LogP contribution in [0, 0.1) is 5.92 Å². The maximum atomic E-state index is 13.0. The number of amides is 1. The van der Waals surface area contributed by atoms with Crippen molar-refractivity contribution in [3.8, 4) is 0 Å². The molecular weight excluding hydrogens is 344 g/mol. The molecule has 3 rings (SSSR count). The molecule has 0 aromatic heterocycles. The largest absolute Gasteiger partial charge is 0.481 e. The Balaban J connectivity index is 1.99. The van der Waals surface area contributed by atoms with E-state index in [0.717, 1.165) is 0 Å². The topological polar surface area (TPSA) is 95.0 Å². The van der Waals surface area contributed by atoms with Crippen molar-refractivity contribution in [1.82, 2.24) is 4.31 Å². The third kappa shape index (κ3) is 2.73. The molecule has 1 aromatic rings. The molecule has 2 heterocycles. The fourth-order valence-corrected chi connectivity index (χ4v) is 5.17. The van der Waals surface area contributed by atoms with Gasteiger partial charge in [0, 0.05) is 25.8 Å². The Morgan fingerprint density at radius 2 is 2.00 bits per heavy atom. The van der Waals surface area contributed by atoms with E-state index in [0.29, 0.717) is 30.6 Å². The molecule has 0 unspecified atom stereocenters. The standard InChI is InChI=1S/C17H22N2O5S/c1-17(2)13-9-12(6-7-14(13)18(3)16(17)22)25(23,24)19-8-4-5-11(10-19)15(20)21/h6-7,9,11H,4-5,8,10H2,1-3H3,(H,20,21)/t11-/m0/s1. The molecule has 25 heavy (non-hydrogen) atoms. The summed E-state index contributed by atoms with van der Waals surface area (Å²) in [7, 11) is -2.12. The Hall–Kier alpha value is -1.93. The average molecular weight is 366 g/mol. The van der Waals surface area contributed by atoms with E-state index >= 15 is 0 Å². The maximum Gasteiger partial charge on any atom is 0.307 e. The minimum absolute atomic E-state index is 0.0169. The third-order valence-corrected chi connectivity index (χ3v) is 7.07. The number of fused-ring (bicyclic) bond motifs is 1. The fraction of sp³-hybridized carbons (Fsp3) is 0.529. The second kappa shape index (κ2) is 5.81. The van der Waals surface area contributed by atoms with Gasteiger partial charge in [-0.05, 0) is 50.5 Å². The molecule has 0 bridgehead atoms. The number of carboxylic acids is 1. The van der Waals surface area contributed by atoms with Crippen LogP contribution in [0.15, 0.2) is 23.1 Å². The van der Waals surface area contributed by atoms with Crippen LogP contribution in [0.5, 0.6) is 0 Å². The molecule has 1 amide bonds. The summed E-state index contributed by atoms with van der Waals surface area (Å²) >= 11 is 0. The number of carbonyl (C=O) groups excluding carboxylic acids is 1. The van der Waals surface area contributed by atoms with Gasteiger partial charge in [-0.3, -0.25) is 9.59 Å². The molecule has 2 aliphatic heterocycles. The van der Waals surface area contributed by atoms with E-state index in [2.05, 4.69) is 0 Å². The molecular formula is C17H22N2O5S. The van der Waals surface area contributed by atoms with Crippen LogP contribution in [0.2, 0.25) is 0 Å². The first-order valence-corrected chi connectivity index (χ1v) is 9.66. The molecule has 0 aliphatic carbocycles. The van der Waals surface area contributed by atoms with E-state index in [1.165, 1.54) is 15.3 Å². The Bertz CT molecular complexity index is 847. The number of carboxylic acid groups (broad SMARTS) is 1. The number of hydrogen-bond acceptors (Lipinski definition) is 4. The summed E-state index contributed by atoms with van der Waals surface area (Å²) in [4.78, 5) is 25.2. The summed E-state index contributed by atoms with van der Waals surface area (Å²) in [5.74, 6) is -1.73. The number of aliphatic carboxylic acids is 1. The van der Waals surface area contributed by atoms with Gasteiger partial charge in [-0.1, -0.05) is 0 Å². The molecule has 0 radical (unpaired) electrons. The van der Waals surface area contributed by atoms with Crippen LogP contribution in [-0.4, -0.2) is 49.8 Å². The van der Waals surface area contributed by atoms with Gasteiger partial charge in [0.25, 0.3) is 0 Å². The van der Waals surface area contributed by atoms with Gasteiger partial charge in [0.05, 0.1) is 16.2 Å². The lowest BCUT2D eigenvalue weighted by Crippen LogP contribution is -2.42. The van der Waals surface area contributed by atoms with E-state index in [9.17, 15) is 23.1 Å².